The van der Waals surface area contributed by atoms with Gasteiger partial charge in [0.1, 0.15) is 0 Å². The Hall–Kier alpha value is -2.10. The van der Waals surface area contributed by atoms with Gasteiger partial charge in [-0.3, -0.25) is 9.44 Å². The molecular weight excluding hydrogens is 446 g/mol. The van der Waals surface area contributed by atoms with E-state index in [0.29, 0.717) is 24.0 Å². The molecule has 1 unspecified atom stereocenters. The number of hydrogen-bond acceptors (Lipinski definition) is 5. The van der Waals surface area contributed by atoms with Gasteiger partial charge in [0.05, 0.1) is 16.8 Å². The highest BCUT2D eigenvalue weighted by atomic mass is 32.2. The molecule has 1 atom stereocenters. The first-order chi connectivity index (χ1) is 15.1. The minimum absolute atomic E-state index is 0.0602. The van der Waals surface area contributed by atoms with Crippen LogP contribution in [0, 0.1) is 5.92 Å². The summed E-state index contributed by atoms with van der Waals surface area (Å²) in [6.45, 7) is 2.76. The third kappa shape index (κ3) is 7.50. The molecule has 9 heteroatoms. The van der Waals surface area contributed by atoms with Gasteiger partial charge >= 0.3 is 0 Å². The fraction of sp³-hybridized carbons (Fsp3) is 0.478. The lowest BCUT2D eigenvalue weighted by Gasteiger charge is -2.25. The average Bonchev–Trinajstić information content (AvgIpc) is 2.73. The number of anilines is 2. The van der Waals surface area contributed by atoms with E-state index in [4.69, 9.17) is 0 Å². The normalized spacial score (nSPS) is 16.4. The van der Waals surface area contributed by atoms with Gasteiger partial charge in [0.15, 0.2) is 0 Å². The van der Waals surface area contributed by atoms with Gasteiger partial charge in [-0.15, -0.1) is 0 Å². The topological polar surface area (TPSA) is 104 Å². The number of para-hydroxylation sites is 1. The third-order valence-corrected chi connectivity index (χ3v) is 7.77. The van der Waals surface area contributed by atoms with E-state index in [1.54, 1.807) is 12.1 Å². The maximum atomic E-state index is 12.9. The Kier molecular flexibility index (Phi) is 8.19. The zero-order valence-corrected chi connectivity index (χ0v) is 20.3. The van der Waals surface area contributed by atoms with Crippen molar-refractivity contribution in [2.45, 2.75) is 62.9 Å². The van der Waals surface area contributed by atoms with Crippen LogP contribution in [0.2, 0.25) is 0 Å². The molecule has 0 bridgehead atoms. The monoisotopic (exact) mass is 479 g/mol. The summed E-state index contributed by atoms with van der Waals surface area (Å²) in [5.41, 5.74) is 1.72. The van der Waals surface area contributed by atoms with Gasteiger partial charge in [0, 0.05) is 18.3 Å². The molecule has 2 aromatic rings. The van der Waals surface area contributed by atoms with Crippen molar-refractivity contribution in [3.63, 3.8) is 0 Å². The van der Waals surface area contributed by atoms with Gasteiger partial charge in [-0.25, -0.2) is 16.8 Å². The Labute approximate surface area is 192 Å². The van der Waals surface area contributed by atoms with E-state index < -0.39 is 20.0 Å². The second-order valence-corrected chi connectivity index (χ2v) is 12.1. The molecule has 1 saturated carbocycles. The zero-order chi connectivity index (χ0) is 23.2. The highest BCUT2D eigenvalue weighted by Crippen LogP contribution is 2.27. The van der Waals surface area contributed by atoms with Gasteiger partial charge < -0.3 is 5.32 Å². The molecule has 0 aromatic heterocycles. The predicted octanol–water partition coefficient (Wildman–Crippen LogP) is 4.31. The Morgan fingerprint density at radius 1 is 0.906 bits per heavy atom. The standard InChI is InChI=1S/C23H33N3O4S2/c1-18(16-19-8-4-3-5-9-19)24-17-20-10-6-7-11-23(20)26-32(29,30)22-14-12-21(13-15-22)25-31(2,27)28/h6-7,10-15,18-19,24-26H,3-5,8-9,16-17H2,1-2H3. The molecule has 176 valence electrons. The van der Waals surface area contributed by atoms with E-state index >= 15 is 0 Å². The molecular formula is C23H33N3O4S2. The van der Waals surface area contributed by atoms with Crippen LogP contribution in [0.25, 0.3) is 0 Å². The van der Waals surface area contributed by atoms with Gasteiger partial charge in [-0.1, -0.05) is 50.3 Å². The molecule has 32 heavy (non-hydrogen) atoms. The minimum atomic E-state index is -3.81. The van der Waals surface area contributed by atoms with Crippen LogP contribution < -0.4 is 14.8 Å². The molecule has 1 aliphatic rings. The molecule has 0 heterocycles. The average molecular weight is 480 g/mol. The van der Waals surface area contributed by atoms with Crippen LogP contribution >= 0.6 is 0 Å². The number of hydrogen-bond donors (Lipinski definition) is 3. The lowest BCUT2D eigenvalue weighted by molar-refractivity contribution is 0.305. The maximum Gasteiger partial charge on any atom is 0.261 e. The minimum Gasteiger partial charge on any atom is -0.310 e. The van der Waals surface area contributed by atoms with Crippen molar-refractivity contribution in [3.05, 3.63) is 54.1 Å². The van der Waals surface area contributed by atoms with Crippen LogP contribution in [0.3, 0.4) is 0 Å². The first-order valence-corrected chi connectivity index (χ1v) is 14.4. The molecule has 1 fully saturated rings. The largest absolute Gasteiger partial charge is 0.310 e. The number of sulfonamides is 2. The van der Waals surface area contributed by atoms with Crippen LogP contribution in [0.1, 0.15) is 51.0 Å². The fourth-order valence-electron chi connectivity index (χ4n) is 4.18. The van der Waals surface area contributed by atoms with Crippen molar-refractivity contribution >= 4 is 31.4 Å². The number of benzene rings is 2. The highest BCUT2D eigenvalue weighted by Gasteiger charge is 2.18. The van der Waals surface area contributed by atoms with E-state index in [9.17, 15) is 16.8 Å². The van der Waals surface area contributed by atoms with Crippen molar-refractivity contribution in [1.29, 1.82) is 0 Å². The predicted molar refractivity (Wildman–Crippen MR) is 130 cm³/mol. The second-order valence-electron chi connectivity index (χ2n) is 8.68. The van der Waals surface area contributed by atoms with E-state index in [1.807, 2.05) is 12.1 Å². The molecule has 0 radical (unpaired) electrons. The van der Waals surface area contributed by atoms with Crippen molar-refractivity contribution in [3.8, 4) is 0 Å². The maximum absolute atomic E-state index is 12.9. The number of rotatable bonds is 10. The summed E-state index contributed by atoms with van der Waals surface area (Å²) in [5.74, 6) is 0.778. The lowest BCUT2D eigenvalue weighted by atomic mass is 9.85. The van der Waals surface area contributed by atoms with E-state index in [2.05, 4.69) is 21.7 Å². The Bertz CT molecular complexity index is 1090. The van der Waals surface area contributed by atoms with E-state index in [0.717, 1.165) is 24.2 Å². The summed E-state index contributed by atoms with van der Waals surface area (Å²) in [4.78, 5) is 0.0602. The van der Waals surface area contributed by atoms with Crippen LogP contribution in [0.4, 0.5) is 11.4 Å². The summed E-state index contributed by atoms with van der Waals surface area (Å²) in [6, 6.07) is 13.3. The second kappa shape index (κ2) is 10.7. The summed E-state index contributed by atoms with van der Waals surface area (Å²) in [6.07, 6.45) is 8.80. The van der Waals surface area contributed by atoms with Crippen molar-refractivity contribution in [2.24, 2.45) is 5.92 Å². The molecule has 1 aliphatic carbocycles. The Morgan fingerprint density at radius 2 is 1.56 bits per heavy atom. The quantitative estimate of drug-likeness (QED) is 0.471. The zero-order valence-electron chi connectivity index (χ0n) is 18.7. The molecule has 7 nitrogen and oxygen atoms in total. The Morgan fingerprint density at radius 3 is 2.22 bits per heavy atom. The van der Waals surface area contributed by atoms with Gasteiger partial charge in [-0.2, -0.15) is 0 Å². The van der Waals surface area contributed by atoms with Gasteiger partial charge in [0.2, 0.25) is 10.0 Å². The number of nitrogens with one attached hydrogen (secondary N) is 3. The van der Waals surface area contributed by atoms with Crippen LogP contribution in [0.15, 0.2) is 53.4 Å². The molecule has 3 rings (SSSR count). The van der Waals surface area contributed by atoms with Crippen molar-refractivity contribution < 1.29 is 16.8 Å². The van der Waals surface area contributed by atoms with Crippen molar-refractivity contribution in [2.75, 3.05) is 15.7 Å². The molecule has 0 amide bonds. The van der Waals surface area contributed by atoms with E-state index in [-0.39, 0.29) is 4.90 Å². The summed E-state index contributed by atoms with van der Waals surface area (Å²) >= 11 is 0. The smallest absolute Gasteiger partial charge is 0.261 e. The van der Waals surface area contributed by atoms with Gasteiger partial charge in [0.25, 0.3) is 10.0 Å². The first-order valence-electron chi connectivity index (χ1n) is 11.0. The summed E-state index contributed by atoms with van der Waals surface area (Å²) in [5, 5.41) is 3.54. The Balaban J connectivity index is 1.64. The van der Waals surface area contributed by atoms with Crippen LogP contribution in [-0.4, -0.2) is 29.1 Å². The van der Waals surface area contributed by atoms with Crippen LogP contribution in [-0.2, 0) is 26.6 Å². The molecule has 0 aliphatic heterocycles. The molecule has 3 N–H and O–H groups in total. The molecule has 0 spiro atoms. The fourth-order valence-corrected chi connectivity index (χ4v) is 5.85. The lowest BCUT2D eigenvalue weighted by Crippen LogP contribution is -2.29. The third-order valence-electron chi connectivity index (χ3n) is 5.78. The highest BCUT2D eigenvalue weighted by molar-refractivity contribution is 7.92. The van der Waals surface area contributed by atoms with Gasteiger partial charge in [-0.05, 0) is 55.2 Å². The van der Waals surface area contributed by atoms with Crippen LogP contribution in [0.5, 0.6) is 0 Å². The van der Waals surface area contributed by atoms with E-state index in [1.165, 1.54) is 56.4 Å². The molecule has 0 saturated heterocycles. The SMILES string of the molecule is CC(CC1CCCCC1)NCc1ccccc1NS(=O)(=O)c1ccc(NS(C)(=O)=O)cc1. The first kappa shape index (κ1) is 24.5. The summed E-state index contributed by atoms with van der Waals surface area (Å²) < 4.78 is 53.4. The summed E-state index contributed by atoms with van der Waals surface area (Å²) in [7, 11) is -7.24. The van der Waals surface area contributed by atoms with Crippen molar-refractivity contribution in [1.82, 2.24) is 5.32 Å². The molecule has 2 aromatic carbocycles.